The van der Waals surface area contributed by atoms with Crippen LogP contribution in [0.2, 0.25) is 0 Å². The van der Waals surface area contributed by atoms with E-state index in [1.807, 2.05) is 0 Å². The monoisotopic (exact) mass is 370 g/mol. The van der Waals surface area contributed by atoms with Gasteiger partial charge in [0.25, 0.3) is 0 Å². The molecule has 1 fully saturated rings. The highest BCUT2D eigenvalue weighted by molar-refractivity contribution is 5.85. The van der Waals surface area contributed by atoms with Gasteiger partial charge in [0.15, 0.2) is 0 Å². The predicted octanol–water partition coefficient (Wildman–Crippen LogP) is 5.53. The molecule has 0 aliphatic heterocycles. The van der Waals surface area contributed by atoms with Crippen molar-refractivity contribution >= 4 is 18.5 Å². The van der Waals surface area contributed by atoms with Gasteiger partial charge in [-0.05, 0) is 69.1 Å². The zero-order valence-electron chi connectivity index (χ0n) is 15.8. The van der Waals surface area contributed by atoms with Crippen molar-refractivity contribution < 1.29 is 0 Å². The van der Waals surface area contributed by atoms with Gasteiger partial charge in [0, 0.05) is 12.1 Å². The Kier molecular flexibility index (Phi) is 8.21. The first-order valence-corrected chi connectivity index (χ1v) is 9.43. The fourth-order valence-corrected chi connectivity index (χ4v) is 4.09. The number of benzene rings is 2. The number of hydrogen-bond donors (Lipinski definition) is 1. The van der Waals surface area contributed by atoms with Crippen LogP contribution in [0.5, 0.6) is 0 Å². The molecule has 1 N–H and O–H groups in total. The minimum Gasteiger partial charge on any atom is -0.388 e. The van der Waals surface area contributed by atoms with Gasteiger partial charge >= 0.3 is 0 Å². The molecule has 1 aliphatic rings. The summed E-state index contributed by atoms with van der Waals surface area (Å²) < 4.78 is 0. The number of rotatable bonds is 6. The Morgan fingerprint density at radius 3 is 2.04 bits per heavy atom. The molecule has 0 amide bonds. The van der Waals surface area contributed by atoms with E-state index in [0.717, 1.165) is 5.92 Å². The van der Waals surface area contributed by atoms with Gasteiger partial charge in [-0.15, -0.1) is 12.4 Å². The van der Waals surface area contributed by atoms with E-state index in [-0.39, 0.29) is 12.4 Å². The maximum atomic E-state index is 3.60. The molecule has 0 heterocycles. The normalized spacial score (nSPS) is 21.3. The van der Waals surface area contributed by atoms with E-state index in [0.29, 0.717) is 12.1 Å². The number of hydrogen-bond acceptors (Lipinski definition) is 2. The van der Waals surface area contributed by atoms with Crippen molar-refractivity contribution in [1.82, 2.24) is 10.2 Å². The van der Waals surface area contributed by atoms with Crippen molar-refractivity contribution in [1.29, 1.82) is 0 Å². The highest BCUT2D eigenvalue weighted by Crippen LogP contribution is 2.37. The van der Waals surface area contributed by atoms with E-state index in [4.69, 9.17) is 0 Å². The second-order valence-electron chi connectivity index (χ2n) is 7.34. The van der Waals surface area contributed by atoms with E-state index in [1.54, 1.807) is 0 Å². The zero-order chi connectivity index (χ0) is 17.5. The highest BCUT2D eigenvalue weighted by atomic mass is 35.5. The first-order chi connectivity index (χ1) is 12.2. The van der Waals surface area contributed by atoms with Crippen molar-refractivity contribution in [3.05, 3.63) is 78.0 Å². The molecule has 0 bridgehead atoms. The molecule has 2 aromatic rings. The summed E-state index contributed by atoms with van der Waals surface area (Å²) >= 11 is 0. The number of nitrogens with zero attached hydrogens (tertiary/aromatic N) is 1. The second kappa shape index (κ2) is 10.4. The summed E-state index contributed by atoms with van der Waals surface area (Å²) in [5, 5.41) is 3.60. The average molecular weight is 371 g/mol. The minimum absolute atomic E-state index is 0. The highest BCUT2D eigenvalue weighted by Gasteiger charge is 2.29. The summed E-state index contributed by atoms with van der Waals surface area (Å²) in [6.07, 6.45) is 9.37. The van der Waals surface area contributed by atoms with Crippen molar-refractivity contribution in [2.24, 2.45) is 5.92 Å². The van der Waals surface area contributed by atoms with Crippen molar-refractivity contribution in [2.75, 3.05) is 14.1 Å². The Morgan fingerprint density at radius 2 is 1.46 bits per heavy atom. The van der Waals surface area contributed by atoms with Gasteiger partial charge in [-0.2, -0.15) is 0 Å². The Bertz CT molecular complexity index is 646. The Hall–Kier alpha value is -1.77. The SMILES string of the molecule is CN(C)C(c1ccccc1)C1CCC(NC=Cc2ccccc2)CC1.Cl. The number of halogens is 1. The zero-order valence-corrected chi connectivity index (χ0v) is 16.7. The van der Waals surface area contributed by atoms with E-state index < -0.39 is 0 Å². The lowest BCUT2D eigenvalue weighted by Gasteiger charge is -2.37. The summed E-state index contributed by atoms with van der Waals surface area (Å²) in [6.45, 7) is 0. The van der Waals surface area contributed by atoms with E-state index >= 15 is 0 Å². The molecule has 26 heavy (non-hydrogen) atoms. The number of nitrogens with one attached hydrogen (secondary N) is 1. The molecule has 0 spiro atoms. The van der Waals surface area contributed by atoms with Crippen LogP contribution in [-0.4, -0.2) is 25.0 Å². The van der Waals surface area contributed by atoms with E-state index in [2.05, 4.69) is 97.3 Å². The molecule has 140 valence electrons. The average Bonchev–Trinajstić information content (AvgIpc) is 2.65. The fourth-order valence-electron chi connectivity index (χ4n) is 4.09. The molecule has 1 aliphatic carbocycles. The third kappa shape index (κ3) is 5.62. The van der Waals surface area contributed by atoms with Gasteiger partial charge in [0.2, 0.25) is 0 Å². The molecule has 0 aromatic heterocycles. The Labute approximate surface area is 164 Å². The molecule has 3 heteroatoms. The lowest BCUT2D eigenvalue weighted by atomic mass is 9.79. The van der Waals surface area contributed by atoms with E-state index in [9.17, 15) is 0 Å². The quantitative estimate of drug-likeness (QED) is 0.719. The Morgan fingerprint density at radius 1 is 0.885 bits per heavy atom. The fraction of sp³-hybridized carbons (Fsp3) is 0.391. The maximum absolute atomic E-state index is 3.60. The molecular weight excluding hydrogens is 340 g/mol. The van der Waals surface area contributed by atoms with Gasteiger partial charge in [0.1, 0.15) is 0 Å². The smallest absolute Gasteiger partial charge is 0.0370 e. The molecule has 1 unspecified atom stereocenters. The molecule has 2 aromatic carbocycles. The van der Waals surface area contributed by atoms with Crippen molar-refractivity contribution in [2.45, 2.75) is 37.8 Å². The summed E-state index contributed by atoms with van der Waals surface area (Å²) in [5.74, 6) is 0.744. The molecule has 2 nitrogen and oxygen atoms in total. The first-order valence-electron chi connectivity index (χ1n) is 9.43. The van der Waals surface area contributed by atoms with Crippen LogP contribution in [0.1, 0.15) is 42.9 Å². The predicted molar refractivity (Wildman–Crippen MR) is 114 cm³/mol. The lowest BCUT2D eigenvalue weighted by Crippen LogP contribution is -2.35. The van der Waals surface area contributed by atoms with Crippen molar-refractivity contribution in [3.63, 3.8) is 0 Å². The molecular formula is C23H31ClN2. The largest absolute Gasteiger partial charge is 0.388 e. The van der Waals surface area contributed by atoms with Crippen LogP contribution in [0.25, 0.3) is 6.08 Å². The van der Waals surface area contributed by atoms with Crippen LogP contribution in [-0.2, 0) is 0 Å². The van der Waals surface area contributed by atoms with Gasteiger partial charge in [-0.3, -0.25) is 0 Å². The summed E-state index contributed by atoms with van der Waals surface area (Å²) in [6, 6.07) is 22.6. The van der Waals surface area contributed by atoms with Gasteiger partial charge < -0.3 is 10.2 Å². The summed E-state index contributed by atoms with van der Waals surface area (Å²) in [5.41, 5.74) is 2.70. The second-order valence-corrected chi connectivity index (χ2v) is 7.34. The minimum atomic E-state index is 0. The van der Waals surface area contributed by atoms with Gasteiger partial charge in [-0.25, -0.2) is 0 Å². The van der Waals surface area contributed by atoms with Crippen LogP contribution >= 0.6 is 12.4 Å². The third-order valence-electron chi connectivity index (χ3n) is 5.32. The maximum Gasteiger partial charge on any atom is 0.0370 e. The lowest BCUT2D eigenvalue weighted by molar-refractivity contribution is 0.160. The molecule has 0 radical (unpaired) electrons. The summed E-state index contributed by atoms with van der Waals surface area (Å²) in [7, 11) is 4.43. The molecule has 0 saturated heterocycles. The standard InChI is InChI=1S/C23H30N2.ClH/c1-25(2)23(20-11-7-4-8-12-20)21-13-15-22(16-14-21)24-18-17-19-9-5-3-6-10-19;/h3-12,17-18,21-24H,13-16H2,1-2H3;1H. The van der Waals surface area contributed by atoms with Crippen LogP contribution in [0, 0.1) is 5.92 Å². The third-order valence-corrected chi connectivity index (χ3v) is 5.32. The summed E-state index contributed by atoms with van der Waals surface area (Å²) in [4.78, 5) is 2.39. The van der Waals surface area contributed by atoms with Gasteiger partial charge in [-0.1, -0.05) is 60.7 Å². The van der Waals surface area contributed by atoms with Crippen LogP contribution < -0.4 is 5.32 Å². The molecule has 3 rings (SSSR count). The van der Waals surface area contributed by atoms with Crippen molar-refractivity contribution in [3.8, 4) is 0 Å². The van der Waals surface area contributed by atoms with E-state index in [1.165, 1.54) is 36.8 Å². The van der Waals surface area contributed by atoms with Crippen LogP contribution in [0.4, 0.5) is 0 Å². The van der Waals surface area contributed by atoms with Gasteiger partial charge in [0.05, 0.1) is 0 Å². The topological polar surface area (TPSA) is 15.3 Å². The van der Waals surface area contributed by atoms with Crippen LogP contribution in [0.15, 0.2) is 66.9 Å². The first kappa shape index (κ1) is 20.5. The Balaban J connectivity index is 0.00000243. The molecule has 1 saturated carbocycles. The van der Waals surface area contributed by atoms with Crippen LogP contribution in [0.3, 0.4) is 0 Å². The molecule has 1 atom stereocenters.